The number of halogens is 3. The number of rotatable bonds is 3. The number of anilines is 2. The number of nitrogens with one attached hydrogen (secondary N) is 1. The maximum absolute atomic E-state index is 13.4. The summed E-state index contributed by atoms with van der Waals surface area (Å²) in [6.45, 7) is 5.32. The summed E-state index contributed by atoms with van der Waals surface area (Å²) in [6.07, 6.45) is -4.64. The van der Waals surface area contributed by atoms with Crippen LogP contribution in [0.1, 0.15) is 27.2 Å². The van der Waals surface area contributed by atoms with Gasteiger partial charge in [-0.25, -0.2) is 0 Å². The number of alkyl halides is 3. The molecule has 5 nitrogen and oxygen atoms in total. The molecule has 1 N–H and O–H groups in total. The van der Waals surface area contributed by atoms with E-state index in [9.17, 15) is 18.0 Å². The molecule has 166 valence electrons. The first-order valence-corrected chi connectivity index (χ1v) is 10.4. The van der Waals surface area contributed by atoms with Crippen molar-refractivity contribution < 1.29 is 18.0 Å². The SMILES string of the molecule is Cc1nc2c(NC(=O)c3ccccc3C(F)(F)F)cccc2c(N2CCN(C)C2=S)c1C. The fourth-order valence-corrected chi connectivity index (χ4v) is 4.18. The van der Waals surface area contributed by atoms with Gasteiger partial charge in [0.1, 0.15) is 0 Å². The highest BCUT2D eigenvalue weighted by molar-refractivity contribution is 7.80. The number of amides is 1. The van der Waals surface area contributed by atoms with Crippen LogP contribution in [0, 0.1) is 13.8 Å². The quantitative estimate of drug-likeness (QED) is 0.550. The Kier molecular flexibility index (Phi) is 5.54. The van der Waals surface area contributed by atoms with Gasteiger partial charge in [-0.1, -0.05) is 24.3 Å². The Morgan fingerprint density at radius 2 is 1.81 bits per heavy atom. The van der Waals surface area contributed by atoms with Crippen molar-refractivity contribution in [3.63, 3.8) is 0 Å². The summed E-state index contributed by atoms with van der Waals surface area (Å²) >= 11 is 5.58. The normalized spacial score (nSPS) is 14.4. The molecule has 3 aromatic rings. The van der Waals surface area contributed by atoms with Crippen LogP contribution in [0.5, 0.6) is 0 Å². The van der Waals surface area contributed by atoms with E-state index in [0.29, 0.717) is 22.9 Å². The zero-order valence-electron chi connectivity index (χ0n) is 17.7. The van der Waals surface area contributed by atoms with Crippen LogP contribution < -0.4 is 10.2 Å². The fourth-order valence-electron chi connectivity index (χ4n) is 3.90. The zero-order valence-corrected chi connectivity index (χ0v) is 18.6. The lowest BCUT2D eigenvalue weighted by Crippen LogP contribution is -2.30. The summed E-state index contributed by atoms with van der Waals surface area (Å²) in [7, 11) is 1.93. The number of pyridine rings is 1. The molecule has 1 saturated heterocycles. The summed E-state index contributed by atoms with van der Waals surface area (Å²) in [6, 6.07) is 9.98. The molecule has 0 saturated carbocycles. The molecule has 0 unspecified atom stereocenters. The molecule has 2 heterocycles. The number of benzene rings is 2. The molecule has 0 atom stereocenters. The van der Waals surface area contributed by atoms with Crippen LogP contribution >= 0.6 is 12.2 Å². The highest BCUT2D eigenvalue weighted by atomic mass is 32.1. The number of fused-ring (bicyclic) bond motifs is 1. The lowest BCUT2D eigenvalue weighted by Gasteiger charge is -2.24. The fraction of sp³-hybridized carbons (Fsp3) is 0.261. The lowest BCUT2D eigenvalue weighted by molar-refractivity contribution is -0.137. The van der Waals surface area contributed by atoms with Crippen LogP contribution in [0.3, 0.4) is 0 Å². The van der Waals surface area contributed by atoms with Crippen molar-refractivity contribution in [3.8, 4) is 0 Å². The molecule has 32 heavy (non-hydrogen) atoms. The zero-order chi connectivity index (χ0) is 23.2. The van der Waals surface area contributed by atoms with Crippen LogP contribution in [0.25, 0.3) is 10.9 Å². The maximum Gasteiger partial charge on any atom is 0.417 e. The molecule has 0 bridgehead atoms. The second-order valence-corrected chi connectivity index (χ2v) is 8.09. The first-order valence-electron chi connectivity index (χ1n) is 9.99. The number of likely N-dealkylation sites (N-methyl/N-ethyl adjacent to an activating group) is 1. The highest BCUT2D eigenvalue weighted by Crippen LogP contribution is 2.37. The Balaban J connectivity index is 1.81. The van der Waals surface area contributed by atoms with E-state index >= 15 is 0 Å². The highest BCUT2D eigenvalue weighted by Gasteiger charge is 2.35. The third-order valence-electron chi connectivity index (χ3n) is 5.68. The second kappa shape index (κ2) is 8.05. The van der Waals surface area contributed by atoms with E-state index in [-0.39, 0.29) is 0 Å². The van der Waals surface area contributed by atoms with Crippen molar-refractivity contribution in [3.05, 3.63) is 64.8 Å². The van der Waals surface area contributed by atoms with Crippen molar-refractivity contribution in [1.29, 1.82) is 0 Å². The lowest BCUT2D eigenvalue weighted by atomic mass is 10.0. The molecule has 1 aliphatic heterocycles. The van der Waals surface area contributed by atoms with Gasteiger partial charge in [-0.05, 0) is 49.8 Å². The van der Waals surface area contributed by atoms with E-state index in [2.05, 4.69) is 10.3 Å². The van der Waals surface area contributed by atoms with Gasteiger partial charge in [0.15, 0.2) is 5.11 Å². The summed E-state index contributed by atoms with van der Waals surface area (Å²) in [5.74, 6) is -0.844. The van der Waals surface area contributed by atoms with Crippen molar-refractivity contribution in [2.24, 2.45) is 0 Å². The average molecular weight is 459 g/mol. The van der Waals surface area contributed by atoms with Gasteiger partial charge in [0.25, 0.3) is 5.91 Å². The number of aromatic nitrogens is 1. The number of nitrogens with zero attached hydrogens (tertiary/aromatic N) is 3. The second-order valence-electron chi connectivity index (χ2n) is 7.73. The van der Waals surface area contributed by atoms with E-state index in [4.69, 9.17) is 12.2 Å². The van der Waals surface area contributed by atoms with E-state index in [0.717, 1.165) is 41.0 Å². The Hall–Kier alpha value is -3.20. The largest absolute Gasteiger partial charge is 0.417 e. The minimum absolute atomic E-state index is 0.340. The molecule has 1 amide bonds. The standard InChI is InChI=1S/C23H21F3N4OS/c1-13-14(2)27-19-16(20(13)30-12-11-29(3)22(30)32)8-6-10-18(19)28-21(31)15-7-4-5-9-17(15)23(24,25)26/h4-10H,11-12H2,1-3H3,(H,28,31). The molecular weight excluding hydrogens is 437 g/mol. The predicted octanol–water partition coefficient (Wildman–Crippen LogP) is 5.16. The molecule has 1 aliphatic rings. The van der Waals surface area contributed by atoms with Gasteiger partial charge >= 0.3 is 6.18 Å². The number of para-hydroxylation sites is 1. The number of aryl methyl sites for hydroxylation is 1. The molecule has 2 aromatic carbocycles. The predicted molar refractivity (Wildman–Crippen MR) is 123 cm³/mol. The first kappa shape index (κ1) is 22.0. The smallest absolute Gasteiger partial charge is 0.350 e. The monoisotopic (exact) mass is 458 g/mol. The van der Waals surface area contributed by atoms with Gasteiger partial charge < -0.3 is 15.1 Å². The Labute approximate surface area is 188 Å². The number of carbonyl (C=O) groups excluding carboxylic acids is 1. The van der Waals surface area contributed by atoms with Crippen molar-refractivity contribution >= 4 is 45.5 Å². The van der Waals surface area contributed by atoms with E-state index in [1.165, 1.54) is 12.1 Å². The third-order valence-corrected chi connectivity index (χ3v) is 6.21. The van der Waals surface area contributed by atoms with Gasteiger partial charge in [-0.2, -0.15) is 13.2 Å². The summed E-state index contributed by atoms with van der Waals surface area (Å²) in [4.78, 5) is 21.5. The first-order chi connectivity index (χ1) is 15.1. The molecule has 1 aromatic heterocycles. The van der Waals surface area contributed by atoms with E-state index < -0.39 is 23.2 Å². The minimum atomic E-state index is -4.64. The van der Waals surface area contributed by atoms with E-state index in [1.54, 1.807) is 12.1 Å². The number of hydrogen-bond donors (Lipinski definition) is 1. The van der Waals surface area contributed by atoms with Crippen LogP contribution in [0.4, 0.5) is 24.5 Å². The number of hydrogen-bond acceptors (Lipinski definition) is 3. The number of carbonyl (C=O) groups is 1. The molecule has 0 radical (unpaired) electrons. The van der Waals surface area contributed by atoms with E-state index in [1.807, 2.05) is 36.8 Å². The van der Waals surface area contributed by atoms with Crippen LogP contribution in [0.2, 0.25) is 0 Å². The Morgan fingerprint density at radius 3 is 2.47 bits per heavy atom. The summed E-state index contributed by atoms with van der Waals surface area (Å²) in [5, 5.41) is 4.09. The van der Waals surface area contributed by atoms with Gasteiger partial charge in [0, 0.05) is 31.2 Å². The summed E-state index contributed by atoms with van der Waals surface area (Å²) in [5.41, 5.74) is 2.03. The van der Waals surface area contributed by atoms with Crippen LogP contribution in [-0.4, -0.2) is 41.0 Å². The molecule has 0 aliphatic carbocycles. The topological polar surface area (TPSA) is 48.5 Å². The number of thiocarbonyl (C=S) groups is 1. The molecule has 4 rings (SSSR count). The van der Waals surface area contributed by atoms with Gasteiger partial charge in [0.2, 0.25) is 0 Å². The van der Waals surface area contributed by atoms with Gasteiger partial charge in [0.05, 0.1) is 28.0 Å². The third kappa shape index (κ3) is 3.77. The molecule has 9 heteroatoms. The molecule has 1 fully saturated rings. The van der Waals surface area contributed by atoms with Crippen molar-refractivity contribution in [2.45, 2.75) is 20.0 Å². The Bertz CT molecular complexity index is 1240. The van der Waals surface area contributed by atoms with Crippen LogP contribution in [0.15, 0.2) is 42.5 Å². The van der Waals surface area contributed by atoms with Crippen molar-refractivity contribution in [1.82, 2.24) is 9.88 Å². The molecular formula is C23H21F3N4OS. The van der Waals surface area contributed by atoms with Crippen molar-refractivity contribution in [2.75, 3.05) is 30.4 Å². The summed E-state index contributed by atoms with van der Waals surface area (Å²) < 4.78 is 40.1. The van der Waals surface area contributed by atoms with Crippen LogP contribution in [-0.2, 0) is 6.18 Å². The van der Waals surface area contributed by atoms with Gasteiger partial charge in [-0.15, -0.1) is 0 Å². The molecule has 0 spiro atoms. The Morgan fingerprint density at radius 1 is 1.09 bits per heavy atom. The maximum atomic E-state index is 13.4. The average Bonchev–Trinajstić information content (AvgIpc) is 3.07. The van der Waals surface area contributed by atoms with Gasteiger partial charge in [-0.3, -0.25) is 9.78 Å². The minimum Gasteiger partial charge on any atom is -0.350 e.